The molecule has 0 aliphatic rings. The van der Waals surface area contributed by atoms with Crippen LogP contribution in [0.25, 0.3) is 10.8 Å². The topological polar surface area (TPSA) is 18.5 Å². The Labute approximate surface area is 102 Å². The molecule has 0 saturated heterocycles. The Kier molecular flexibility index (Phi) is 4.13. The molecular formula is C15H18O2. The average Bonchev–Trinajstić information content (AvgIpc) is 2.40. The van der Waals surface area contributed by atoms with Crippen LogP contribution in [0.3, 0.4) is 0 Å². The minimum Gasteiger partial charge on any atom is -0.385 e. The highest BCUT2D eigenvalue weighted by Crippen LogP contribution is 2.28. The van der Waals surface area contributed by atoms with Gasteiger partial charge in [-0.25, -0.2) is 0 Å². The molecule has 0 heterocycles. The summed E-state index contributed by atoms with van der Waals surface area (Å²) in [6, 6.07) is 14.7. The molecule has 0 saturated carbocycles. The maximum Gasteiger partial charge on any atom is 0.0849 e. The van der Waals surface area contributed by atoms with Crippen LogP contribution in [-0.4, -0.2) is 20.8 Å². The predicted octanol–water partition coefficient (Wildman–Crippen LogP) is 3.56. The van der Waals surface area contributed by atoms with E-state index in [0.29, 0.717) is 6.61 Å². The van der Waals surface area contributed by atoms with Crippen molar-refractivity contribution in [1.29, 1.82) is 0 Å². The molecule has 2 heteroatoms. The van der Waals surface area contributed by atoms with Crippen LogP contribution < -0.4 is 0 Å². The van der Waals surface area contributed by atoms with E-state index in [1.807, 2.05) is 0 Å². The number of methoxy groups -OCH3 is 2. The van der Waals surface area contributed by atoms with E-state index in [4.69, 9.17) is 9.47 Å². The monoisotopic (exact) mass is 230 g/mol. The normalized spacial score (nSPS) is 12.8. The highest BCUT2D eigenvalue weighted by molar-refractivity contribution is 5.85. The lowest BCUT2D eigenvalue weighted by Crippen LogP contribution is -2.05. The Morgan fingerprint density at radius 3 is 2.53 bits per heavy atom. The standard InChI is InChI=1S/C15H18O2/c1-16-11-10-15(17-2)14-9-5-7-12-6-3-4-8-13(12)14/h3-9,15H,10-11H2,1-2H3. The summed E-state index contributed by atoms with van der Waals surface area (Å²) in [7, 11) is 3.47. The molecule has 2 aromatic carbocycles. The Hall–Kier alpha value is -1.38. The number of ether oxygens (including phenoxy) is 2. The molecule has 0 amide bonds. The molecule has 2 rings (SSSR count). The average molecular weight is 230 g/mol. The highest BCUT2D eigenvalue weighted by atomic mass is 16.5. The van der Waals surface area contributed by atoms with E-state index in [-0.39, 0.29) is 6.10 Å². The molecule has 0 fully saturated rings. The van der Waals surface area contributed by atoms with Crippen LogP contribution in [0.4, 0.5) is 0 Å². The molecule has 90 valence electrons. The van der Waals surface area contributed by atoms with Crippen LogP contribution in [0.2, 0.25) is 0 Å². The zero-order chi connectivity index (χ0) is 12.1. The van der Waals surface area contributed by atoms with Crippen molar-refractivity contribution in [3.63, 3.8) is 0 Å². The van der Waals surface area contributed by atoms with Gasteiger partial charge in [-0.1, -0.05) is 42.5 Å². The molecule has 0 aliphatic heterocycles. The summed E-state index contributed by atoms with van der Waals surface area (Å²) >= 11 is 0. The molecule has 0 spiro atoms. The second-order valence-corrected chi connectivity index (χ2v) is 4.07. The van der Waals surface area contributed by atoms with E-state index in [0.717, 1.165) is 6.42 Å². The molecule has 0 bridgehead atoms. The molecule has 0 radical (unpaired) electrons. The molecule has 1 unspecified atom stereocenters. The van der Waals surface area contributed by atoms with Gasteiger partial charge in [0.05, 0.1) is 6.10 Å². The van der Waals surface area contributed by atoms with Crippen LogP contribution in [-0.2, 0) is 9.47 Å². The van der Waals surface area contributed by atoms with Gasteiger partial charge in [0.1, 0.15) is 0 Å². The van der Waals surface area contributed by atoms with Crippen molar-refractivity contribution < 1.29 is 9.47 Å². The number of hydrogen-bond acceptors (Lipinski definition) is 2. The van der Waals surface area contributed by atoms with Crippen molar-refractivity contribution in [3.05, 3.63) is 48.0 Å². The van der Waals surface area contributed by atoms with Gasteiger partial charge < -0.3 is 9.47 Å². The first-order chi connectivity index (χ1) is 8.36. The molecule has 1 atom stereocenters. The van der Waals surface area contributed by atoms with Gasteiger partial charge >= 0.3 is 0 Å². The van der Waals surface area contributed by atoms with Gasteiger partial charge in [0.15, 0.2) is 0 Å². The molecule has 2 aromatic rings. The van der Waals surface area contributed by atoms with Crippen molar-refractivity contribution in [2.24, 2.45) is 0 Å². The lowest BCUT2D eigenvalue weighted by molar-refractivity contribution is 0.0671. The van der Waals surface area contributed by atoms with Crippen LogP contribution >= 0.6 is 0 Å². The number of rotatable bonds is 5. The lowest BCUT2D eigenvalue weighted by atomic mass is 9.99. The molecule has 2 nitrogen and oxygen atoms in total. The third kappa shape index (κ3) is 2.65. The van der Waals surface area contributed by atoms with Gasteiger partial charge in [-0.05, 0) is 16.3 Å². The summed E-state index contributed by atoms with van der Waals surface area (Å²) in [5.74, 6) is 0. The maximum absolute atomic E-state index is 5.57. The first-order valence-corrected chi connectivity index (χ1v) is 5.86. The number of fused-ring (bicyclic) bond motifs is 1. The second-order valence-electron chi connectivity index (χ2n) is 4.07. The van der Waals surface area contributed by atoms with E-state index in [1.165, 1.54) is 16.3 Å². The number of benzene rings is 2. The molecule has 0 aromatic heterocycles. The number of hydrogen-bond donors (Lipinski definition) is 0. The van der Waals surface area contributed by atoms with Gasteiger partial charge in [-0.15, -0.1) is 0 Å². The van der Waals surface area contributed by atoms with Crippen molar-refractivity contribution in [2.45, 2.75) is 12.5 Å². The predicted molar refractivity (Wildman–Crippen MR) is 70.2 cm³/mol. The van der Waals surface area contributed by atoms with Gasteiger partial charge in [-0.2, -0.15) is 0 Å². The third-order valence-electron chi connectivity index (χ3n) is 3.04. The fourth-order valence-electron chi connectivity index (χ4n) is 2.16. The third-order valence-corrected chi connectivity index (χ3v) is 3.04. The maximum atomic E-state index is 5.57. The Morgan fingerprint density at radius 1 is 1.00 bits per heavy atom. The van der Waals surface area contributed by atoms with Gasteiger partial charge in [-0.3, -0.25) is 0 Å². The minimum absolute atomic E-state index is 0.0982. The summed E-state index contributed by atoms with van der Waals surface area (Å²) in [4.78, 5) is 0. The van der Waals surface area contributed by atoms with Crippen molar-refractivity contribution in [3.8, 4) is 0 Å². The minimum atomic E-state index is 0.0982. The fourth-order valence-corrected chi connectivity index (χ4v) is 2.16. The summed E-state index contributed by atoms with van der Waals surface area (Å²) in [6.45, 7) is 0.710. The van der Waals surface area contributed by atoms with Gasteiger partial charge in [0.25, 0.3) is 0 Å². The van der Waals surface area contributed by atoms with Crippen LogP contribution in [0.1, 0.15) is 18.1 Å². The summed E-state index contributed by atoms with van der Waals surface area (Å²) in [5.41, 5.74) is 1.24. The van der Waals surface area contributed by atoms with E-state index < -0.39 is 0 Å². The lowest BCUT2D eigenvalue weighted by Gasteiger charge is -2.17. The van der Waals surface area contributed by atoms with E-state index in [9.17, 15) is 0 Å². The van der Waals surface area contributed by atoms with Crippen molar-refractivity contribution in [2.75, 3.05) is 20.8 Å². The Balaban J connectivity index is 2.38. The molecule has 0 N–H and O–H groups in total. The summed E-state index contributed by atoms with van der Waals surface area (Å²) in [5, 5.41) is 2.52. The SMILES string of the molecule is COCCC(OC)c1cccc2ccccc12. The van der Waals surface area contributed by atoms with Crippen molar-refractivity contribution in [1.82, 2.24) is 0 Å². The van der Waals surface area contributed by atoms with E-state index in [2.05, 4.69) is 42.5 Å². The van der Waals surface area contributed by atoms with Crippen LogP contribution in [0, 0.1) is 0 Å². The second kappa shape index (κ2) is 5.80. The zero-order valence-electron chi connectivity index (χ0n) is 10.3. The smallest absolute Gasteiger partial charge is 0.0849 e. The zero-order valence-corrected chi connectivity index (χ0v) is 10.3. The highest BCUT2D eigenvalue weighted by Gasteiger charge is 2.12. The fraction of sp³-hybridized carbons (Fsp3) is 0.333. The first-order valence-electron chi connectivity index (χ1n) is 5.86. The quantitative estimate of drug-likeness (QED) is 0.781. The molecular weight excluding hydrogens is 212 g/mol. The van der Waals surface area contributed by atoms with E-state index >= 15 is 0 Å². The molecule has 17 heavy (non-hydrogen) atoms. The Bertz CT molecular complexity index is 474. The van der Waals surface area contributed by atoms with Crippen LogP contribution in [0.5, 0.6) is 0 Å². The van der Waals surface area contributed by atoms with Crippen molar-refractivity contribution >= 4 is 10.8 Å². The van der Waals surface area contributed by atoms with E-state index in [1.54, 1.807) is 14.2 Å². The van der Waals surface area contributed by atoms with Crippen LogP contribution in [0.15, 0.2) is 42.5 Å². The summed E-state index contributed by atoms with van der Waals surface area (Å²) in [6.07, 6.45) is 0.974. The van der Waals surface area contributed by atoms with Gasteiger partial charge in [0, 0.05) is 27.2 Å². The largest absolute Gasteiger partial charge is 0.385 e. The first kappa shape index (κ1) is 12.1. The molecule has 0 aliphatic carbocycles. The summed E-state index contributed by atoms with van der Waals surface area (Å²) < 4.78 is 10.7. The Morgan fingerprint density at radius 2 is 1.76 bits per heavy atom. The van der Waals surface area contributed by atoms with Gasteiger partial charge in [0.2, 0.25) is 0 Å².